The van der Waals surface area contributed by atoms with Crippen molar-refractivity contribution in [3.8, 4) is 5.75 Å². The molecule has 106 valence electrons. The first-order valence-corrected chi connectivity index (χ1v) is 6.08. The van der Waals surface area contributed by atoms with Crippen molar-refractivity contribution in [2.24, 2.45) is 5.73 Å². The van der Waals surface area contributed by atoms with Crippen LogP contribution >= 0.6 is 0 Å². The van der Waals surface area contributed by atoms with Crippen LogP contribution in [0.15, 0.2) is 18.2 Å². The lowest BCUT2D eigenvalue weighted by Gasteiger charge is -2.09. The second-order valence-electron chi connectivity index (χ2n) is 3.93. The highest BCUT2D eigenvalue weighted by molar-refractivity contribution is 5.90. The van der Waals surface area contributed by atoms with E-state index in [-0.39, 0.29) is 18.3 Å². The molecule has 0 fully saturated rings. The number of carbonyl (C=O) groups excluding carboxylic acids is 1. The van der Waals surface area contributed by atoms with Crippen molar-refractivity contribution < 1.29 is 18.7 Å². The predicted octanol–water partition coefficient (Wildman–Crippen LogP) is 1.53. The number of hydrogen-bond acceptors (Lipinski definition) is 4. The number of methoxy groups -OCH3 is 1. The number of hydrogen-bond donors (Lipinski definition) is 2. The second kappa shape index (κ2) is 8.44. The third-order valence-electron chi connectivity index (χ3n) is 2.37. The number of carbonyl (C=O) groups is 1. The van der Waals surface area contributed by atoms with Crippen molar-refractivity contribution in [1.82, 2.24) is 0 Å². The van der Waals surface area contributed by atoms with E-state index in [4.69, 9.17) is 15.2 Å². The van der Waals surface area contributed by atoms with Crippen LogP contribution in [0.3, 0.4) is 0 Å². The molecule has 1 amide bonds. The molecule has 0 unspecified atom stereocenters. The highest BCUT2D eigenvalue weighted by atomic mass is 19.1. The van der Waals surface area contributed by atoms with E-state index >= 15 is 0 Å². The first kappa shape index (κ1) is 15.4. The van der Waals surface area contributed by atoms with Crippen LogP contribution in [0.1, 0.15) is 12.8 Å². The molecule has 6 heteroatoms. The van der Waals surface area contributed by atoms with Crippen LogP contribution < -0.4 is 15.8 Å². The van der Waals surface area contributed by atoms with Crippen molar-refractivity contribution in [3.63, 3.8) is 0 Å². The summed E-state index contributed by atoms with van der Waals surface area (Å²) in [4.78, 5) is 11.4. The molecule has 0 aliphatic carbocycles. The highest BCUT2D eigenvalue weighted by Gasteiger charge is 2.07. The Balaban J connectivity index is 2.53. The molecule has 0 saturated heterocycles. The average molecular weight is 270 g/mol. The molecule has 0 aliphatic rings. The summed E-state index contributed by atoms with van der Waals surface area (Å²) in [6.07, 6.45) is 0.927. The summed E-state index contributed by atoms with van der Waals surface area (Å²) < 4.78 is 23.6. The molecule has 1 aromatic carbocycles. The fourth-order valence-corrected chi connectivity index (χ4v) is 1.42. The Morgan fingerprint density at radius 2 is 2.21 bits per heavy atom. The van der Waals surface area contributed by atoms with Gasteiger partial charge in [-0.05, 0) is 25.1 Å². The molecular formula is C13H19FN2O3. The van der Waals surface area contributed by atoms with Crippen LogP contribution in [0, 0.1) is 5.82 Å². The molecular weight excluding hydrogens is 251 g/mol. The Morgan fingerprint density at radius 1 is 1.42 bits per heavy atom. The SMILES string of the molecule is COCCOc1ccc(NC(=O)CCCN)cc1F. The zero-order valence-corrected chi connectivity index (χ0v) is 10.9. The summed E-state index contributed by atoms with van der Waals surface area (Å²) in [5, 5.41) is 2.60. The lowest BCUT2D eigenvalue weighted by molar-refractivity contribution is -0.116. The lowest BCUT2D eigenvalue weighted by Crippen LogP contribution is -2.13. The van der Waals surface area contributed by atoms with Crippen LogP contribution in [0.5, 0.6) is 5.75 Å². The van der Waals surface area contributed by atoms with E-state index in [1.165, 1.54) is 12.1 Å². The Hall–Kier alpha value is -1.66. The van der Waals surface area contributed by atoms with Crippen LogP contribution in [0.2, 0.25) is 0 Å². The van der Waals surface area contributed by atoms with Gasteiger partial charge in [0.2, 0.25) is 5.91 Å². The fraction of sp³-hybridized carbons (Fsp3) is 0.462. The highest BCUT2D eigenvalue weighted by Crippen LogP contribution is 2.21. The number of benzene rings is 1. The number of rotatable bonds is 8. The zero-order valence-electron chi connectivity index (χ0n) is 10.9. The van der Waals surface area contributed by atoms with E-state index in [9.17, 15) is 9.18 Å². The standard InChI is InChI=1S/C13H19FN2O3/c1-18-7-8-19-12-5-4-10(9-11(12)14)16-13(17)3-2-6-15/h4-5,9H,2-3,6-8,15H2,1H3,(H,16,17). The molecule has 0 saturated carbocycles. The summed E-state index contributed by atoms with van der Waals surface area (Å²) in [6, 6.07) is 4.29. The summed E-state index contributed by atoms with van der Waals surface area (Å²) in [6.45, 7) is 1.11. The molecule has 0 spiro atoms. The number of amides is 1. The van der Waals surface area contributed by atoms with E-state index in [1.54, 1.807) is 13.2 Å². The monoisotopic (exact) mass is 270 g/mol. The summed E-state index contributed by atoms with van der Waals surface area (Å²) in [5.41, 5.74) is 5.71. The molecule has 19 heavy (non-hydrogen) atoms. The maximum absolute atomic E-state index is 13.6. The molecule has 0 radical (unpaired) electrons. The molecule has 1 rings (SSSR count). The van der Waals surface area contributed by atoms with Gasteiger partial charge in [-0.15, -0.1) is 0 Å². The third kappa shape index (κ3) is 5.67. The van der Waals surface area contributed by atoms with Gasteiger partial charge in [-0.2, -0.15) is 0 Å². The topological polar surface area (TPSA) is 73.6 Å². The van der Waals surface area contributed by atoms with Crippen molar-refractivity contribution >= 4 is 11.6 Å². The smallest absolute Gasteiger partial charge is 0.224 e. The van der Waals surface area contributed by atoms with Crippen LogP contribution in [0.25, 0.3) is 0 Å². The van der Waals surface area contributed by atoms with E-state index in [0.717, 1.165) is 0 Å². The summed E-state index contributed by atoms with van der Waals surface area (Å²) >= 11 is 0. The minimum atomic E-state index is -0.521. The van der Waals surface area contributed by atoms with Gasteiger partial charge in [0.05, 0.1) is 6.61 Å². The number of anilines is 1. The quantitative estimate of drug-likeness (QED) is 0.703. The van der Waals surface area contributed by atoms with Gasteiger partial charge >= 0.3 is 0 Å². The number of ether oxygens (including phenoxy) is 2. The first-order valence-electron chi connectivity index (χ1n) is 6.08. The largest absolute Gasteiger partial charge is 0.488 e. The molecule has 0 aliphatic heterocycles. The van der Waals surface area contributed by atoms with Crippen molar-refractivity contribution in [2.75, 3.05) is 32.2 Å². The van der Waals surface area contributed by atoms with Crippen LogP contribution in [-0.4, -0.2) is 32.8 Å². The normalized spacial score (nSPS) is 10.3. The summed E-state index contributed by atoms with van der Waals surface area (Å²) in [7, 11) is 1.54. The Labute approximate surface area is 111 Å². The van der Waals surface area contributed by atoms with Gasteiger partial charge in [0.25, 0.3) is 0 Å². The van der Waals surface area contributed by atoms with E-state index in [1.807, 2.05) is 0 Å². The average Bonchev–Trinajstić information content (AvgIpc) is 2.39. The van der Waals surface area contributed by atoms with Gasteiger partial charge in [0.1, 0.15) is 6.61 Å². The predicted molar refractivity (Wildman–Crippen MR) is 70.7 cm³/mol. The minimum Gasteiger partial charge on any atom is -0.488 e. The fourth-order valence-electron chi connectivity index (χ4n) is 1.42. The second-order valence-corrected chi connectivity index (χ2v) is 3.93. The summed E-state index contributed by atoms with van der Waals surface area (Å²) in [5.74, 6) is -0.567. The van der Waals surface area contributed by atoms with E-state index in [2.05, 4.69) is 5.32 Å². The molecule has 0 bridgehead atoms. The van der Waals surface area contributed by atoms with Crippen molar-refractivity contribution in [1.29, 1.82) is 0 Å². The number of halogens is 1. The molecule has 3 N–H and O–H groups in total. The molecule has 0 atom stereocenters. The Bertz CT molecular complexity index is 413. The van der Waals surface area contributed by atoms with Crippen molar-refractivity contribution in [3.05, 3.63) is 24.0 Å². The number of nitrogens with one attached hydrogen (secondary N) is 1. The first-order chi connectivity index (χ1) is 9.17. The van der Waals surface area contributed by atoms with Gasteiger partial charge in [-0.1, -0.05) is 0 Å². The van der Waals surface area contributed by atoms with Crippen LogP contribution in [-0.2, 0) is 9.53 Å². The maximum Gasteiger partial charge on any atom is 0.224 e. The Kier molecular flexibility index (Phi) is 6.84. The molecule has 5 nitrogen and oxygen atoms in total. The maximum atomic E-state index is 13.6. The zero-order chi connectivity index (χ0) is 14.1. The van der Waals surface area contributed by atoms with Crippen LogP contribution in [0.4, 0.5) is 10.1 Å². The molecule has 0 heterocycles. The Morgan fingerprint density at radius 3 is 2.84 bits per heavy atom. The van der Waals surface area contributed by atoms with E-state index < -0.39 is 5.82 Å². The lowest BCUT2D eigenvalue weighted by atomic mass is 10.2. The molecule has 0 aromatic heterocycles. The van der Waals surface area contributed by atoms with Gasteiger partial charge in [-0.3, -0.25) is 4.79 Å². The van der Waals surface area contributed by atoms with Gasteiger partial charge in [-0.25, -0.2) is 4.39 Å². The third-order valence-corrected chi connectivity index (χ3v) is 2.37. The minimum absolute atomic E-state index is 0.136. The van der Waals surface area contributed by atoms with Gasteiger partial charge in [0, 0.05) is 25.3 Å². The van der Waals surface area contributed by atoms with E-state index in [0.29, 0.717) is 31.7 Å². The van der Waals surface area contributed by atoms with Gasteiger partial charge < -0.3 is 20.5 Å². The van der Waals surface area contributed by atoms with Gasteiger partial charge in [0.15, 0.2) is 11.6 Å². The molecule has 1 aromatic rings. The van der Waals surface area contributed by atoms with Crippen molar-refractivity contribution in [2.45, 2.75) is 12.8 Å². The number of nitrogens with two attached hydrogens (primary N) is 1.